The van der Waals surface area contributed by atoms with E-state index in [1.54, 1.807) is 0 Å². The lowest BCUT2D eigenvalue weighted by atomic mass is 9.67. The van der Waals surface area contributed by atoms with Crippen LogP contribution in [0.2, 0.25) is 0 Å². The molecule has 2 aromatic heterocycles. The van der Waals surface area contributed by atoms with Crippen molar-refractivity contribution in [2.45, 2.75) is 5.41 Å². The van der Waals surface area contributed by atoms with Gasteiger partial charge in [-0.2, -0.15) is 0 Å². The number of rotatable bonds is 9. The minimum Gasteiger partial charge on any atom is -0.256 e. The van der Waals surface area contributed by atoms with Crippen LogP contribution in [0, 0.1) is 0 Å². The van der Waals surface area contributed by atoms with E-state index in [1.807, 2.05) is 42.6 Å². The first-order valence-electron chi connectivity index (χ1n) is 22.8. The molecule has 0 spiro atoms. The van der Waals surface area contributed by atoms with Crippen molar-refractivity contribution < 1.29 is 0 Å². The summed E-state index contributed by atoms with van der Waals surface area (Å²) in [5.74, 6) is 0.673. The van der Waals surface area contributed by atoms with E-state index in [-0.39, 0.29) is 0 Å². The molecule has 0 fully saturated rings. The molecule has 3 nitrogen and oxygen atoms in total. The smallest absolute Gasteiger partial charge is 0.160 e. The van der Waals surface area contributed by atoms with E-state index in [0.717, 1.165) is 56.0 Å². The number of nitrogens with zero attached hydrogens (tertiary/aromatic N) is 3. The fraction of sp³-hybridized carbons (Fsp3) is 0.0156. The summed E-state index contributed by atoms with van der Waals surface area (Å²) in [6, 6.07) is 91.1. The van der Waals surface area contributed by atoms with E-state index in [9.17, 15) is 0 Å². The molecule has 2 heterocycles. The maximum Gasteiger partial charge on any atom is 0.160 e. The summed E-state index contributed by atoms with van der Waals surface area (Å²) in [4.78, 5) is 15.0. The maximum atomic E-state index is 5.14. The van der Waals surface area contributed by atoms with Crippen LogP contribution in [0.5, 0.6) is 0 Å². The van der Waals surface area contributed by atoms with Gasteiger partial charge >= 0.3 is 0 Å². The molecule has 0 N–H and O–H groups in total. The Labute approximate surface area is 391 Å². The Balaban J connectivity index is 0.888. The first-order chi connectivity index (χ1) is 33.2. The number of fused-ring (bicyclic) bond motifs is 3. The minimum atomic E-state index is -0.418. The predicted molar refractivity (Wildman–Crippen MR) is 275 cm³/mol. The van der Waals surface area contributed by atoms with Gasteiger partial charge in [0.25, 0.3) is 0 Å². The Hall–Kier alpha value is -8.79. The molecule has 0 saturated carbocycles. The van der Waals surface area contributed by atoms with Crippen molar-refractivity contribution in [2.75, 3.05) is 0 Å². The van der Waals surface area contributed by atoms with Crippen LogP contribution in [-0.2, 0) is 5.41 Å². The molecule has 0 amide bonds. The second-order valence-corrected chi connectivity index (χ2v) is 17.2. The second kappa shape index (κ2) is 17.0. The number of hydrogen-bond acceptors (Lipinski definition) is 3. The van der Waals surface area contributed by atoms with E-state index in [2.05, 4.69) is 218 Å². The molecule has 11 aromatic rings. The standard InChI is InChI=1S/C64H43N3/c1-5-18-44(19-6-1)60-37-35-53(43-65-60)62-42-61(66-63(67-62)45-20-7-2-8-21-45)52-27-17-26-50(40-52)48-24-15-22-46(38-48)47-23-16-25-49(39-47)51-34-36-59-57(41-51)56-32-13-14-33-58(56)64(59,54-28-9-3-10-29-54)55-30-11-4-12-31-55/h1-43H. The Morgan fingerprint density at radius 3 is 1.25 bits per heavy atom. The van der Waals surface area contributed by atoms with Crippen LogP contribution in [0.15, 0.2) is 261 Å². The van der Waals surface area contributed by atoms with Gasteiger partial charge in [0.15, 0.2) is 5.82 Å². The molecule has 0 aliphatic heterocycles. The Kier molecular flexibility index (Phi) is 10.1. The number of benzene rings is 9. The van der Waals surface area contributed by atoms with Crippen LogP contribution in [0.3, 0.4) is 0 Å². The maximum absolute atomic E-state index is 5.14. The predicted octanol–water partition coefficient (Wildman–Crippen LogP) is 15.9. The van der Waals surface area contributed by atoms with Gasteiger partial charge in [0.05, 0.1) is 22.5 Å². The monoisotopic (exact) mass is 853 g/mol. The van der Waals surface area contributed by atoms with E-state index >= 15 is 0 Å². The zero-order chi connectivity index (χ0) is 44.6. The Morgan fingerprint density at radius 1 is 0.254 bits per heavy atom. The van der Waals surface area contributed by atoms with Crippen molar-refractivity contribution in [3.05, 3.63) is 283 Å². The third kappa shape index (κ3) is 7.24. The summed E-state index contributed by atoms with van der Waals surface area (Å²) < 4.78 is 0. The van der Waals surface area contributed by atoms with Crippen molar-refractivity contribution in [2.24, 2.45) is 0 Å². The van der Waals surface area contributed by atoms with Crippen LogP contribution in [0.25, 0.3) is 89.7 Å². The summed E-state index contributed by atoms with van der Waals surface area (Å²) in [7, 11) is 0. The first kappa shape index (κ1) is 39.8. The van der Waals surface area contributed by atoms with Gasteiger partial charge in [-0.3, -0.25) is 4.98 Å². The van der Waals surface area contributed by atoms with Crippen molar-refractivity contribution in [1.29, 1.82) is 0 Å². The van der Waals surface area contributed by atoms with Gasteiger partial charge in [-0.1, -0.05) is 212 Å². The summed E-state index contributed by atoms with van der Waals surface area (Å²) in [6.07, 6.45) is 1.91. The van der Waals surface area contributed by atoms with Gasteiger partial charge in [0.1, 0.15) is 0 Å². The highest BCUT2D eigenvalue weighted by molar-refractivity contribution is 5.89. The molecule has 0 radical (unpaired) electrons. The van der Waals surface area contributed by atoms with Gasteiger partial charge in [-0.05, 0) is 109 Å². The number of aromatic nitrogens is 3. The Morgan fingerprint density at radius 2 is 0.687 bits per heavy atom. The summed E-state index contributed by atoms with van der Waals surface area (Å²) in [6.45, 7) is 0. The van der Waals surface area contributed by atoms with Crippen LogP contribution in [0.4, 0.5) is 0 Å². The normalized spacial score (nSPS) is 12.3. The van der Waals surface area contributed by atoms with Crippen molar-refractivity contribution >= 4 is 0 Å². The van der Waals surface area contributed by atoms with Gasteiger partial charge < -0.3 is 0 Å². The van der Waals surface area contributed by atoms with Crippen LogP contribution >= 0.6 is 0 Å². The topological polar surface area (TPSA) is 38.7 Å². The van der Waals surface area contributed by atoms with E-state index in [1.165, 1.54) is 50.1 Å². The highest BCUT2D eigenvalue weighted by Gasteiger charge is 2.45. The van der Waals surface area contributed by atoms with Gasteiger partial charge in [-0.15, -0.1) is 0 Å². The summed E-state index contributed by atoms with van der Waals surface area (Å²) in [5, 5.41) is 0. The van der Waals surface area contributed by atoms with E-state index in [4.69, 9.17) is 15.0 Å². The molecule has 1 aliphatic carbocycles. The van der Waals surface area contributed by atoms with Crippen LogP contribution in [-0.4, -0.2) is 15.0 Å². The lowest BCUT2D eigenvalue weighted by molar-refractivity contribution is 0.768. The lowest BCUT2D eigenvalue weighted by Crippen LogP contribution is -2.28. The number of pyridine rings is 1. The van der Waals surface area contributed by atoms with Crippen LogP contribution in [0.1, 0.15) is 22.3 Å². The Bertz CT molecular complexity index is 3510. The molecule has 0 atom stereocenters. The second-order valence-electron chi connectivity index (χ2n) is 17.2. The van der Waals surface area contributed by atoms with Crippen molar-refractivity contribution in [3.63, 3.8) is 0 Å². The molecule has 0 bridgehead atoms. The van der Waals surface area contributed by atoms with Crippen molar-refractivity contribution in [1.82, 2.24) is 15.0 Å². The van der Waals surface area contributed by atoms with Crippen molar-refractivity contribution in [3.8, 4) is 89.7 Å². The van der Waals surface area contributed by atoms with Gasteiger partial charge in [-0.25, -0.2) is 9.97 Å². The summed E-state index contributed by atoms with van der Waals surface area (Å²) >= 11 is 0. The fourth-order valence-electron chi connectivity index (χ4n) is 10.0. The van der Waals surface area contributed by atoms with E-state index in [0.29, 0.717) is 5.82 Å². The highest BCUT2D eigenvalue weighted by atomic mass is 14.9. The molecule has 0 saturated heterocycles. The van der Waals surface area contributed by atoms with Gasteiger partial charge in [0, 0.05) is 28.5 Å². The number of hydrogen-bond donors (Lipinski definition) is 0. The zero-order valence-corrected chi connectivity index (χ0v) is 36.7. The molecule has 67 heavy (non-hydrogen) atoms. The van der Waals surface area contributed by atoms with E-state index < -0.39 is 5.41 Å². The SMILES string of the molecule is c1ccc(-c2ccc(-c3cc(-c4cccc(-c5cccc(-c6cccc(-c7ccc8c(c7)-c7ccccc7C8(c7ccccc7)c7ccccc7)c6)c5)c4)nc(-c4ccccc4)n3)cn2)cc1. The largest absolute Gasteiger partial charge is 0.256 e. The fourth-order valence-corrected chi connectivity index (χ4v) is 10.0. The minimum absolute atomic E-state index is 0.418. The van der Waals surface area contributed by atoms with Crippen LogP contribution < -0.4 is 0 Å². The summed E-state index contributed by atoms with van der Waals surface area (Å²) in [5.41, 5.74) is 20.8. The first-order valence-corrected chi connectivity index (χ1v) is 22.8. The quantitative estimate of drug-likeness (QED) is 0.145. The molecular weight excluding hydrogens is 811 g/mol. The molecule has 3 heteroatoms. The third-order valence-electron chi connectivity index (χ3n) is 13.2. The average Bonchev–Trinajstić information content (AvgIpc) is 3.72. The average molecular weight is 854 g/mol. The molecule has 1 aliphatic rings. The molecule has 12 rings (SSSR count). The molecule has 314 valence electrons. The zero-order valence-electron chi connectivity index (χ0n) is 36.7. The third-order valence-corrected chi connectivity index (χ3v) is 13.2. The van der Waals surface area contributed by atoms with Gasteiger partial charge in [0.2, 0.25) is 0 Å². The molecular formula is C64H43N3. The molecule has 9 aromatic carbocycles. The highest BCUT2D eigenvalue weighted by Crippen LogP contribution is 2.56. The lowest BCUT2D eigenvalue weighted by Gasteiger charge is -2.33. The molecule has 0 unspecified atom stereocenters.